The van der Waals surface area contributed by atoms with Gasteiger partial charge in [0.25, 0.3) is 0 Å². The van der Waals surface area contributed by atoms with Crippen molar-refractivity contribution in [2.75, 3.05) is 6.61 Å². The molecular weight excluding hydrogens is 138 g/mol. The molecule has 0 bridgehead atoms. The molecule has 2 heteroatoms. The molecule has 1 rings (SSSR count). The van der Waals surface area contributed by atoms with E-state index in [-0.39, 0.29) is 12.1 Å². The average molecular weight is 157 g/mol. The van der Waals surface area contributed by atoms with Crippen molar-refractivity contribution >= 4 is 0 Å². The molecule has 0 aromatic rings. The molecule has 0 heterocycles. The summed E-state index contributed by atoms with van der Waals surface area (Å²) in [5.74, 6) is 0.447. The maximum atomic E-state index is 9.10. The quantitative estimate of drug-likeness (QED) is 0.599. The van der Waals surface area contributed by atoms with Crippen molar-refractivity contribution in [2.45, 2.75) is 39.2 Å². The number of nitrogens with two attached hydrogens (primary N) is 1. The molecule has 0 radical (unpaired) electrons. The first-order chi connectivity index (χ1) is 4.90. The Labute approximate surface area is 68.8 Å². The highest BCUT2D eigenvalue weighted by atomic mass is 16.3. The van der Waals surface area contributed by atoms with Gasteiger partial charge in [0.2, 0.25) is 0 Å². The number of rotatable bonds is 1. The summed E-state index contributed by atoms with van der Waals surface area (Å²) >= 11 is 0. The maximum Gasteiger partial charge on any atom is 0.0614 e. The standard InChI is InChI=1S/C9H19NO/c1-7-4-8(2,3)5-9(7,10)6-11/h7,11H,4-6,10H2,1-3H3. The molecule has 11 heavy (non-hydrogen) atoms. The van der Waals surface area contributed by atoms with Crippen molar-refractivity contribution in [1.82, 2.24) is 0 Å². The normalized spacial score (nSPS) is 42.8. The molecular formula is C9H19NO. The van der Waals surface area contributed by atoms with Crippen LogP contribution in [0.15, 0.2) is 0 Å². The van der Waals surface area contributed by atoms with E-state index in [4.69, 9.17) is 10.8 Å². The zero-order valence-electron chi connectivity index (χ0n) is 7.72. The fourth-order valence-corrected chi connectivity index (χ4v) is 2.38. The molecule has 2 unspecified atom stereocenters. The van der Waals surface area contributed by atoms with Crippen molar-refractivity contribution in [3.05, 3.63) is 0 Å². The fraction of sp³-hybridized carbons (Fsp3) is 1.00. The van der Waals surface area contributed by atoms with Crippen LogP contribution in [-0.4, -0.2) is 17.3 Å². The van der Waals surface area contributed by atoms with Gasteiger partial charge in [-0.15, -0.1) is 0 Å². The summed E-state index contributed by atoms with van der Waals surface area (Å²) < 4.78 is 0. The second-order valence-corrected chi connectivity index (χ2v) is 4.84. The Balaban J connectivity index is 2.73. The van der Waals surface area contributed by atoms with Gasteiger partial charge in [-0.05, 0) is 24.2 Å². The third-order valence-electron chi connectivity index (χ3n) is 2.94. The summed E-state index contributed by atoms with van der Waals surface area (Å²) in [5.41, 5.74) is 6.03. The van der Waals surface area contributed by atoms with E-state index in [0.717, 1.165) is 12.8 Å². The van der Waals surface area contributed by atoms with Crippen LogP contribution in [0, 0.1) is 11.3 Å². The SMILES string of the molecule is CC1CC(C)(C)CC1(N)CO. The zero-order valence-corrected chi connectivity index (χ0v) is 7.72. The molecule has 0 amide bonds. The number of hydrogen-bond donors (Lipinski definition) is 2. The first-order valence-corrected chi connectivity index (χ1v) is 4.29. The van der Waals surface area contributed by atoms with Crippen molar-refractivity contribution < 1.29 is 5.11 Å². The molecule has 0 spiro atoms. The van der Waals surface area contributed by atoms with E-state index in [1.165, 1.54) is 0 Å². The predicted octanol–water partition coefficient (Wildman–Crippen LogP) is 1.13. The molecule has 1 aliphatic carbocycles. The maximum absolute atomic E-state index is 9.10. The van der Waals surface area contributed by atoms with Gasteiger partial charge in [0.1, 0.15) is 0 Å². The summed E-state index contributed by atoms with van der Waals surface area (Å²) in [6.07, 6.45) is 2.07. The van der Waals surface area contributed by atoms with Gasteiger partial charge in [-0.1, -0.05) is 20.8 Å². The fourth-order valence-electron chi connectivity index (χ4n) is 2.38. The van der Waals surface area contributed by atoms with Crippen molar-refractivity contribution in [1.29, 1.82) is 0 Å². The zero-order chi connectivity index (χ0) is 8.70. The first kappa shape index (κ1) is 9.01. The minimum atomic E-state index is -0.316. The summed E-state index contributed by atoms with van der Waals surface area (Å²) in [4.78, 5) is 0. The van der Waals surface area contributed by atoms with Crippen LogP contribution in [-0.2, 0) is 0 Å². The summed E-state index contributed by atoms with van der Waals surface area (Å²) in [7, 11) is 0. The molecule has 66 valence electrons. The second kappa shape index (κ2) is 2.46. The van der Waals surface area contributed by atoms with Crippen LogP contribution < -0.4 is 5.73 Å². The Bertz CT molecular complexity index is 156. The Morgan fingerprint density at radius 1 is 1.55 bits per heavy atom. The van der Waals surface area contributed by atoms with Gasteiger partial charge in [-0.25, -0.2) is 0 Å². The lowest BCUT2D eigenvalue weighted by molar-refractivity contribution is 0.162. The van der Waals surface area contributed by atoms with Crippen LogP contribution in [0.2, 0.25) is 0 Å². The minimum absolute atomic E-state index is 0.123. The average Bonchev–Trinajstić information content (AvgIpc) is 2.03. The van der Waals surface area contributed by atoms with Crippen molar-refractivity contribution in [3.63, 3.8) is 0 Å². The lowest BCUT2D eigenvalue weighted by Gasteiger charge is -2.27. The van der Waals surface area contributed by atoms with Gasteiger partial charge in [0.15, 0.2) is 0 Å². The van der Waals surface area contributed by atoms with Gasteiger partial charge < -0.3 is 10.8 Å². The van der Waals surface area contributed by atoms with Gasteiger partial charge in [0.05, 0.1) is 6.61 Å². The largest absolute Gasteiger partial charge is 0.394 e. The van der Waals surface area contributed by atoms with E-state index in [0.29, 0.717) is 11.3 Å². The molecule has 1 saturated carbocycles. The van der Waals surface area contributed by atoms with Crippen LogP contribution in [0.4, 0.5) is 0 Å². The summed E-state index contributed by atoms with van der Waals surface area (Å²) in [6, 6.07) is 0. The lowest BCUT2D eigenvalue weighted by Crippen LogP contribution is -2.46. The highest BCUT2D eigenvalue weighted by molar-refractivity contribution is 5.01. The summed E-state index contributed by atoms with van der Waals surface area (Å²) in [5, 5.41) is 9.10. The smallest absolute Gasteiger partial charge is 0.0614 e. The van der Waals surface area contributed by atoms with Gasteiger partial charge in [0, 0.05) is 5.54 Å². The minimum Gasteiger partial charge on any atom is -0.394 e. The molecule has 2 nitrogen and oxygen atoms in total. The second-order valence-electron chi connectivity index (χ2n) is 4.84. The summed E-state index contributed by atoms with van der Waals surface area (Å²) in [6.45, 7) is 6.68. The third-order valence-corrected chi connectivity index (χ3v) is 2.94. The van der Waals surface area contributed by atoms with E-state index in [1.54, 1.807) is 0 Å². The molecule has 3 N–H and O–H groups in total. The van der Waals surface area contributed by atoms with E-state index in [2.05, 4.69) is 20.8 Å². The van der Waals surface area contributed by atoms with Crippen LogP contribution >= 0.6 is 0 Å². The van der Waals surface area contributed by atoms with Gasteiger partial charge >= 0.3 is 0 Å². The molecule has 0 aromatic carbocycles. The van der Waals surface area contributed by atoms with Crippen LogP contribution in [0.5, 0.6) is 0 Å². The highest BCUT2D eigenvalue weighted by Crippen LogP contribution is 2.45. The lowest BCUT2D eigenvalue weighted by atomic mass is 9.88. The number of hydrogen-bond acceptors (Lipinski definition) is 2. The van der Waals surface area contributed by atoms with E-state index in [9.17, 15) is 0 Å². The first-order valence-electron chi connectivity index (χ1n) is 4.29. The Morgan fingerprint density at radius 2 is 2.09 bits per heavy atom. The molecule has 2 atom stereocenters. The molecule has 0 aliphatic heterocycles. The molecule has 0 saturated heterocycles. The van der Waals surface area contributed by atoms with Crippen LogP contribution in [0.25, 0.3) is 0 Å². The molecule has 1 fully saturated rings. The molecule has 0 aromatic heterocycles. The Hall–Kier alpha value is -0.0800. The van der Waals surface area contributed by atoms with Gasteiger partial charge in [-0.2, -0.15) is 0 Å². The van der Waals surface area contributed by atoms with E-state index in [1.807, 2.05) is 0 Å². The number of aliphatic hydroxyl groups excluding tert-OH is 1. The van der Waals surface area contributed by atoms with Crippen molar-refractivity contribution in [2.24, 2.45) is 17.1 Å². The highest BCUT2D eigenvalue weighted by Gasteiger charge is 2.45. The Kier molecular flexibility index (Phi) is 2.01. The van der Waals surface area contributed by atoms with Crippen LogP contribution in [0.3, 0.4) is 0 Å². The van der Waals surface area contributed by atoms with Gasteiger partial charge in [-0.3, -0.25) is 0 Å². The van der Waals surface area contributed by atoms with E-state index < -0.39 is 0 Å². The van der Waals surface area contributed by atoms with E-state index >= 15 is 0 Å². The third kappa shape index (κ3) is 1.57. The monoisotopic (exact) mass is 157 g/mol. The van der Waals surface area contributed by atoms with Crippen molar-refractivity contribution in [3.8, 4) is 0 Å². The molecule has 1 aliphatic rings. The number of aliphatic hydroxyl groups is 1. The topological polar surface area (TPSA) is 46.2 Å². The van der Waals surface area contributed by atoms with Crippen LogP contribution in [0.1, 0.15) is 33.6 Å². The Morgan fingerprint density at radius 3 is 2.27 bits per heavy atom. The predicted molar refractivity (Wildman–Crippen MR) is 46.2 cm³/mol.